The highest BCUT2D eigenvalue weighted by molar-refractivity contribution is 6.02. The van der Waals surface area contributed by atoms with Gasteiger partial charge in [0, 0.05) is 24.5 Å². The van der Waals surface area contributed by atoms with Crippen molar-refractivity contribution >= 4 is 23.4 Å². The lowest BCUT2D eigenvalue weighted by molar-refractivity contribution is -0.385. The van der Waals surface area contributed by atoms with Gasteiger partial charge < -0.3 is 14.6 Å². The highest BCUT2D eigenvalue weighted by Crippen LogP contribution is 2.47. The number of hydrogen-bond acceptors (Lipinski definition) is 8. The summed E-state index contributed by atoms with van der Waals surface area (Å²) in [4.78, 5) is 49.7. The normalized spacial score (nSPS) is 25.6. The summed E-state index contributed by atoms with van der Waals surface area (Å²) in [5.41, 5.74) is -1.86. The fraction of sp³-hybridized carbons (Fsp3) is 0.609. The van der Waals surface area contributed by atoms with Crippen molar-refractivity contribution in [2.45, 2.75) is 52.6 Å². The molecule has 1 aromatic rings. The molecule has 1 aromatic carbocycles. The lowest BCUT2D eigenvalue weighted by Gasteiger charge is -2.43. The predicted molar refractivity (Wildman–Crippen MR) is 115 cm³/mol. The van der Waals surface area contributed by atoms with Crippen LogP contribution in [0.15, 0.2) is 24.3 Å². The summed E-state index contributed by atoms with van der Waals surface area (Å²) in [7, 11) is 0. The first-order valence-corrected chi connectivity index (χ1v) is 10.7. The second-order valence-electron chi connectivity index (χ2n) is 9.38. The maximum absolute atomic E-state index is 13.1. The van der Waals surface area contributed by atoms with Crippen molar-refractivity contribution < 1.29 is 33.9 Å². The van der Waals surface area contributed by atoms with Crippen molar-refractivity contribution in [1.29, 1.82) is 0 Å². The Balaban J connectivity index is 2.60. The molecule has 9 heteroatoms. The molecule has 0 spiro atoms. The van der Waals surface area contributed by atoms with Crippen LogP contribution < -0.4 is 0 Å². The number of nitrogens with zero attached hydrogens (tertiary/aromatic N) is 1. The number of esters is 2. The van der Waals surface area contributed by atoms with Crippen LogP contribution in [0, 0.1) is 33.8 Å². The Kier molecular flexibility index (Phi) is 8.12. The molecule has 1 saturated carbocycles. The fourth-order valence-corrected chi connectivity index (χ4v) is 3.94. The third kappa shape index (κ3) is 5.91. The van der Waals surface area contributed by atoms with Crippen molar-refractivity contribution in [3.8, 4) is 0 Å². The Labute approximate surface area is 187 Å². The minimum absolute atomic E-state index is 0.0174. The molecule has 0 radical (unpaired) electrons. The molecular formula is C23H31NO8. The van der Waals surface area contributed by atoms with Crippen LogP contribution in [0.4, 0.5) is 5.69 Å². The second kappa shape index (κ2) is 10.2. The molecule has 32 heavy (non-hydrogen) atoms. The van der Waals surface area contributed by atoms with E-state index >= 15 is 0 Å². The van der Waals surface area contributed by atoms with Crippen LogP contribution in [0.1, 0.15) is 52.5 Å². The Bertz CT molecular complexity index is 877. The summed E-state index contributed by atoms with van der Waals surface area (Å²) in [6.45, 7) is 8.87. The van der Waals surface area contributed by atoms with E-state index < -0.39 is 52.4 Å². The Morgan fingerprint density at radius 2 is 1.72 bits per heavy atom. The first-order chi connectivity index (χ1) is 14.8. The van der Waals surface area contributed by atoms with Gasteiger partial charge in [-0.05, 0) is 24.3 Å². The molecule has 1 aliphatic rings. The number of aliphatic hydroxyl groups is 1. The molecule has 0 amide bonds. The van der Waals surface area contributed by atoms with Crippen LogP contribution in [0.3, 0.4) is 0 Å². The number of carbonyl (C=O) groups excluding carboxylic acids is 3. The zero-order valence-electron chi connectivity index (χ0n) is 19.1. The minimum atomic E-state index is -1.81. The van der Waals surface area contributed by atoms with Crippen molar-refractivity contribution in [2.75, 3.05) is 13.2 Å². The highest BCUT2D eigenvalue weighted by atomic mass is 16.6. The zero-order valence-corrected chi connectivity index (χ0v) is 19.1. The van der Waals surface area contributed by atoms with Crippen LogP contribution in [-0.2, 0) is 23.9 Å². The van der Waals surface area contributed by atoms with Gasteiger partial charge in [-0.25, -0.2) is 0 Å². The molecule has 0 aliphatic heterocycles. The first kappa shape index (κ1) is 25.5. The van der Waals surface area contributed by atoms with Crippen LogP contribution in [0.25, 0.3) is 0 Å². The molecule has 0 aromatic heterocycles. The van der Waals surface area contributed by atoms with Gasteiger partial charge >= 0.3 is 11.9 Å². The van der Waals surface area contributed by atoms with Crippen LogP contribution >= 0.6 is 0 Å². The van der Waals surface area contributed by atoms with Gasteiger partial charge in [0.2, 0.25) is 0 Å². The standard InChI is InChI=1S/C23H31NO8/c1-13(2)11-31-21(26)19-17(25)10-23(5,28)20(22(27)32-12-14(3)4)18(19)15-7-6-8-16(9-15)24(29)30/h6-9,13-14,18-20,28H,10-12H2,1-5H3/t18-,19+,20+,23+/m1/s1. The van der Waals surface area contributed by atoms with E-state index in [9.17, 15) is 29.6 Å². The van der Waals surface area contributed by atoms with E-state index in [4.69, 9.17) is 9.47 Å². The number of nitro benzene ring substituents is 1. The Hall–Kier alpha value is -2.81. The summed E-state index contributed by atoms with van der Waals surface area (Å²) in [5.74, 6) is -6.00. The third-order valence-corrected chi connectivity index (χ3v) is 5.36. The molecule has 9 nitrogen and oxygen atoms in total. The monoisotopic (exact) mass is 449 g/mol. The van der Waals surface area contributed by atoms with Gasteiger partial charge in [0.25, 0.3) is 5.69 Å². The summed E-state index contributed by atoms with van der Waals surface area (Å²) in [5, 5.41) is 22.4. The third-order valence-electron chi connectivity index (χ3n) is 5.36. The maximum Gasteiger partial charge on any atom is 0.317 e. The van der Waals surface area contributed by atoms with Crippen LogP contribution in [0.5, 0.6) is 0 Å². The largest absolute Gasteiger partial charge is 0.465 e. The zero-order chi connectivity index (χ0) is 24.2. The van der Waals surface area contributed by atoms with E-state index in [1.165, 1.54) is 31.2 Å². The predicted octanol–water partition coefficient (Wildman–Crippen LogP) is 3.03. The number of hydrogen-bond donors (Lipinski definition) is 1. The van der Waals surface area contributed by atoms with Crippen molar-refractivity contribution in [1.82, 2.24) is 0 Å². The number of benzene rings is 1. The van der Waals surface area contributed by atoms with Crippen molar-refractivity contribution in [2.24, 2.45) is 23.7 Å². The van der Waals surface area contributed by atoms with Gasteiger partial charge in [-0.1, -0.05) is 39.8 Å². The van der Waals surface area contributed by atoms with E-state index in [0.717, 1.165) is 0 Å². The minimum Gasteiger partial charge on any atom is -0.465 e. The topological polar surface area (TPSA) is 133 Å². The lowest BCUT2D eigenvalue weighted by atomic mass is 9.61. The number of Topliss-reactive ketones (excluding diaryl/α,β-unsaturated/α-hetero) is 1. The smallest absolute Gasteiger partial charge is 0.317 e. The Morgan fingerprint density at radius 3 is 2.25 bits per heavy atom. The van der Waals surface area contributed by atoms with Crippen molar-refractivity contribution in [3.05, 3.63) is 39.9 Å². The van der Waals surface area contributed by atoms with Gasteiger partial charge in [-0.3, -0.25) is 24.5 Å². The maximum atomic E-state index is 13.1. The molecule has 0 saturated heterocycles. The van der Waals surface area contributed by atoms with Gasteiger partial charge in [0.1, 0.15) is 5.92 Å². The van der Waals surface area contributed by atoms with E-state index in [1.54, 1.807) is 0 Å². The van der Waals surface area contributed by atoms with Gasteiger partial charge in [0.05, 0.1) is 29.7 Å². The van der Waals surface area contributed by atoms with Gasteiger partial charge in [-0.2, -0.15) is 0 Å². The molecule has 1 aliphatic carbocycles. The average Bonchev–Trinajstić information content (AvgIpc) is 2.69. The number of carbonyl (C=O) groups is 3. The molecule has 2 rings (SSSR count). The number of non-ortho nitro benzene ring substituents is 1. The molecule has 176 valence electrons. The quantitative estimate of drug-likeness (QED) is 0.277. The lowest BCUT2D eigenvalue weighted by Crippen LogP contribution is -2.55. The van der Waals surface area contributed by atoms with Crippen LogP contribution in [-0.4, -0.2) is 46.6 Å². The SMILES string of the molecule is CC(C)COC(=O)[C@H]1C(=O)C[C@](C)(O)[C@H](C(=O)OCC(C)C)[C@@H]1c1cccc([N+](=O)[O-])c1. The number of nitro groups is 1. The molecular weight excluding hydrogens is 418 g/mol. The van der Waals surface area contributed by atoms with Gasteiger partial charge in [-0.15, -0.1) is 0 Å². The molecule has 1 N–H and O–H groups in total. The molecule has 0 heterocycles. The second-order valence-corrected chi connectivity index (χ2v) is 9.38. The summed E-state index contributed by atoms with van der Waals surface area (Å²) in [6.07, 6.45) is -0.443. The average molecular weight is 450 g/mol. The number of rotatable bonds is 8. The Morgan fingerprint density at radius 1 is 1.16 bits per heavy atom. The van der Waals surface area contributed by atoms with E-state index in [1.807, 2.05) is 27.7 Å². The molecule has 0 bridgehead atoms. The van der Waals surface area contributed by atoms with E-state index in [-0.39, 0.29) is 36.3 Å². The highest BCUT2D eigenvalue weighted by Gasteiger charge is 2.57. The molecule has 0 unspecified atom stereocenters. The number of ketones is 1. The first-order valence-electron chi connectivity index (χ1n) is 10.7. The molecule has 4 atom stereocenters. The van der Waals surface area contributed by atoms with Crippen molar-refractivity contribution in [3.63, 3.8) is 0 Å². The van der Waals surface area contributed by atoms with E-state index in [0.29, 0.717) is 0 Å². The summed E-state index contributed by atoms with van der Waals surface area (Å²) < 4.78 is 10.7. The molecule has 1 fully saturated rings. The van der Waals surface area contributed by atoms with E-state index in [2.05, 4.69) is 0 Å². The van der Waals surface area contributed by atoms with Gasteiger partial charge in [0.15, 0.2) is 5.78 Å². The number of ether oxygens (including phenoxy) is 2. The van der Waals surface area contributed by atoms with Crippen LogP contribution in [0.2, 0.25) is 0 Å². The summed E-state index contributed by atoms with van der Waals surface area (Å²) in [6, 6.07) is 5.39. The summed E-state index contributed by atoms with van der Waals surface area (Å²) >= 11 is 0. The fourth-order valence-electron chi connectivity index (χ4n) is 3.94.